The van der Waals surface area contributed by atoms with Gasteiger partial charge in [0.15, 0.2) is 0 Å². The van der Waals surface area contributed by atoms with Gasteiger partial charge in [0.05, 0.1) is 11.5 Å². The van der Waals surface area contributed by atoms with Crippen LogP contribution in [0.5, 0.6) is 0 Å². The molecule has 2 aromatic heterocycles. The zero-order valence-corrected chi connectivity index (χ0v) is 13.4. The van der Waals surface area contributed by atoms with Crippen molar-refractivity contribution in [1.29, 1.82) is 0 Å². The molecule has 0 unspecified atom stereocenters. The lowest BCUT2D eigenvalue weighted by molar-refractivity contribution is 0.0333. The van der Waals surface area contributed by atoms with Crippen LogP contribution in [0.3, 0.4) is 0 Å². The van der Waals surface area contributed by atoms with Gasteiger partial charge in [-0.2, -0.15) is 0 Å². The standard InChI is InChI=1S/C17H21N3OS/c21-13-9-17(10-13,14-5-2-8-22-14)16-19-18-15(11-3-1-4-11)20(16)12-6-7-12/h2,5,8,11-13,21H,1,3-4,6-7,9-10H2. The maximum absolute atomic E-state index is 10.0. The van der Waals surface area contributed by atoms with Gasteiger partial charge in [0, 0.05) is 16.8 Å². The number of hydrogen-bond donors (Lipinski definition) is 1. The molecule has 0 saturated heterocycles. The van der Waals surface area contributed by atoms with E-state index in [0.717, 1.165) is 18.7 Å². The highest BCUT2D eigenvalue weighted by molar-refractivity contribution is 7.10. The number of aromatic nitrogens is 3. The molecule has 4 nitrogen and oxygen atoms in total. The molecule has 0 bridgehead atoms. The average Bonchev–Trinajstić information content (AvgIpc) is 2.96. The fourth-order valence-electron chi connectivity index (χ4n) is 4.06. The van der Waals surface area contributed by atoms with Gasteiger partial charge in [-0.3, -0.25) is 0 Å². The smallest absolute Gasteiger partial charge is 0.145 e. The first-order chi connectivity index (χ1) is 10.8. The first-order valence-corrected chi connectivity index (χ1v) is 9.33. The Morgan fingerprint density at radius 1 is 1.18 bits per heavy atom. The van der Waals surface area contributed by atoms with E-state index in [9.17, 15) is 5.11 Å². The largest absolute Gasteiger partial charge is 0.393 e. The average molecular weight is 315 g/mol. The minimum absolute atomic E-state index is 0.0921. The Balaban J connectivity index is 1.63. The number of aliphatic hydroxyl groups excluding tert-OH is 1. The molecule has 2 aromatic rings. The molecule has 1 N–H and O–H groups in total. The highest BCUT2D eigenvalue weighted by Crippen LogP contribution is 2.53. The maximum Gasteiger partial charge on any atom is 0.145 e. The summed E-state index contributed by atoms with van der Waals surface area (Å²) in [7, 11) is 0. The molecule has 3 aliphatic carbocycles. The van der Waals surface area contributed by atoms with E-state index in [0.29, 0.717) is 12.0 Å². The molecule has 3 aliphatic rings. The number of nitrogens with zero attached hydrogens (tertiary/aromatic N) is 3. The minimum atomic E-state index is -0.196. The van der Waals surface area contributed by atoms with Crippen molar-refractivity contribution in [3.63, 3.8) is 0 Å². The van der Waals surface area contributed by atoms with Gasteiger partial charge in [0.1, 0.15) is 11.6 Å². The van der Waals surface area contributed by atoms with Gasteiger partial charge in [-0.25, -0.2) is 0 Å². The fraction of sp³-hybridized carbons (Fsp3) is 0.647. The van der Waals surface area contributed by atoms with E-state index < -0.39 is 0 Å². The third-order valence-corrected chi connectivity index (χ3v) is 6.77. The van der Waals surface area contributed by atoms with Crippen LogP contribution in [0.25, 0.3) is 0 Å². The van der Waals surface area contributed by atoms with Gasteiger partial charge in [-0.1, -0.05) is 12.5 Å². The number of rotatable bonds is 4. The van der Waals surface area contributed by atoms with Crippen LogP contribution in [0.2, 0.25) is 0 Å². The summed E-state index contributed by atoms with van der Waals surface area (Å²) < 4.78 is 2.47. The lowest BCUT2D eigenvalue weighted by Gasteiger charge is -2.44. The molecule has 5 heteroatoms. The Morgan fingerprint density at radius 3 is 2.55 bits per heavy atom. The highest BCUT2D eigenvalue weighted by Gasteiger charge is 2.52. The van der Waals surface area contributed by atoms with Crippen molar-refractivity contribution in [2.75, 3.05) is 0 Å². The third-order valence-electron chi connectivity index (χ3n) is 5.69. The van der Waals surface area contributed by atoms with Crippen LogP contribution >= 0.6 is 11.3 Å². The summed E-state index contributed by atoms with van der Waals surface area (Å²) in [6, 6.07) is 4.91. The van der Waals surface area contributed by atoms with Crippen LogP contribution in [0.15, 0.2) is 17.5 Å². The summed E-state index contributed by atoms with van der Waals surface area (Å²) in [5.41, 5.74) is -0.0921. The van der Waals surface area contributed by atoms with Gasteiger partial charge in [0.25, 0.3) is 0 Å². The summed E-state index contributed by atoms with van der Waals surface area (Å²) in [6.45, 7) is 0. The molecule has 116 valence electrons. The second-order valence-corrected chi connectivity index (χ2v) is 8.18. The normalized spacial score (nSPS) is 31.8. The summed E-state index contributed by atoms with van der Waals surface area (Å²) in [5, 5.41) is 21.4. The van der Waals surface area contributed by atoms with Crippen molar-refractivity contribution >= 4 is 11.3 Å². The van der Waals surface area contributed by atoms with Crippen LogP contribution in [0, 0.1) is 0 Å². The summed E-state index contributed by atoms with van der Waals surface area (Å²) in [6.07, 6.45) is 7.76. The number of thiophene rings is 1. The minimum Gasteiger partial charge on any atom is -0.393 e. The Labute approximate surface area is 134 Å². The predicted octanol–water partition coefficient (Wildman–Crippen LogP) is 3.38. The lowest BCUT2D eigenvalue weighted by atomic mass is 9.65. The van der Waals surface area contributed by atoms with Crippen molar-refractivity contribution in [3.8, 4) is 0 Å². The zero-order chi connectivity index (χ0) is 14.7. The predicted molar refractivity (Wildman–Crippen MR) is 85.2 cm³/mol. The molecule has 3 fully saturated rings. The van der Waals surface area contributed by atoms with Crippen molar-refractivity contribution in [1.82, 2.24) is 14.8 Å². The second kappa shape index (κ2) is 4.65. The fourth-order valence-corrected chi connectivity index (χ4v) is 5.00. The van der Waals surface area contributed by atoms with E-state index >= 15 is 0 Å². The molecule has 0 aliphatic heterocycles. The van der Waals surface area contributed by atoms with E-state index in [-0.39, 0.29) is 11.5 Å². The van der Waals surface area contributed by atoms with Gasteiger partial charge in [-0.05, 0) is 50.0 Å². The van der Waals surface area contributed by atoms with Crippen LogP contribution in [-0.2, 0) is 5.41 Å². The highest BCUT2D eigenvalue weighted by atomic mass is 32.1. The van der Waals surface area contributed by atoms with Gasteiger partial charge in [0.2, 0.25) is 0 Å². The number of hydrogen-bond acceptors (Lipinski definition) is 4. The summed E-state index contributed by atoms with van der Waals surface area (Å²) >= 11 is 1.79. The molecule has 3 saturated carbocycles. The van der Waals surface area contributed by atoms with E-state index in [2.05, 4.69) is 32.3 Å². The van der Waals surface area contributed by atoms with E-state index in [1.807, 2.05) is 0 Å². The molecule has 22 heavy (non-hydrogen) atoms. The van der Waals surface area contributed by atoms with Gasteiger partial charge < -0.3 is 9.67 Å². The van der Waals surface area contributed by atoms with Crippen LogP contribution in [-0.4, -0.2) is 26.0 Å². The van der Waals surface area contributed by atoms with Crippen molar-refractivity contribution < 1.29 is 5.11 Å². The second-order valence-electron chi connectivity index (χ2n) is 7.23. The summed E-state index contributed by atoms with van der Waals surface area (Å²) in [5.74, 6) is 2.97. The monoisotopic (exact) mass is 315 g/mol. The van der Waals surface area contributed by atoms with E-state index in [1.54, 1.807) is 11.3 Å². The Morgan fingerprint density at radius 2 is 2.00 bits per heavy atom. The first kappa shape index (κ1) is 13.3. The van der Waals surface area contributed by atoms with E-state index in [4.69, 9.17) is 0 Å². The molecule has 0 radical (unpaired) electrons. The van der Waals surface area contributed by atoms with Gasteiger partial charge >= 0.3 is 0 Å². The first-order valence-electron chi connectivity index (χ1n) is 8.45. The topological polar surface area (TPSA) is 50.9 Å². The molecule has 0 spiro atoms. The quantitative estimate of drug-likeness (QED) is 0.941. The molecule has 0 aromatic carbocycles. The van der Waals surface area contributed by atoms with Gasteiger partial charge in [-0.15, -0.1) is 21.5 Å². The van der Waals surface area contributed by atoms with Crippen LogP contribution in [0.4, 0.5) is 0 Å². The van der Waals surface area contributed by atoms with Crippen LogP contribution < -0.4 is 0 Å². The molecular weight excluding hydrogens is 294 g/mol. The van der Waals surface area contributed by atoms with Crippen molar-refractivity contribution in [3.05, 3.63) is 34.0 Å². The lowest BCUT2D eigenvalue weighted by Crippen LogP contribution is -2.47. The van der Waals surface area contributed by atoms with Crippen molar-refractivity contribution in [2.45, 2.75) is 68.4 Å². The number of aliphatic hydroxyl groups is 1. The summed E-state index contributed by atoms with van der Waals surface area (Å²) in [4.78, 5) is 1.34. The van der Waals surface area contributed by atoms with Crippen LogP contribution in [0.1, 0.15) is 73.4 Å². The molecular formula is C17H21N3OS. The zero-order valence-electron chi connectivity index (χ0n) is 12.6. The Bertz CT molecular complexity index is 679. The van der Waals surface area contributed by atoms with E-state index in [1.165, 1.54) is 42.8 Å². The van der Waals surface area contributed by atoms with Crippen molar-refractivity contribution in [2.24, 2.45) is 0 Å². The molecule has 2 heterocycles. The molecule has 5 rings (SSSR count). The maximum atomic E-state index is 10.0. The third kappa shape index (κ3) is 1.78. The SMILES string of the molecule is OC1CC(c2cccs2)(c2nnc(C3CCC3)n2C2CC2)C1. The molecule has 0 amide bonds. The Hall–Kier alpha value is -1.20. The Kier molecular flexibility index (Phi) is 2.80. The molecule has 0 atom stereocenters.